The number of aromatic nitrogens is 1. The van der Waals surface area contributed by atoms with Gasteiger partial charge in [0, 0.05) is 36.2 Å². The Morgan fingerprint density at radius 2 is 1.81 bits per heavy atom. The molecule has 1 aromatic heterocycles. The van der Waals surface area contributed by atoms with Gasteiger partial charge >= 0.3 is 0 Å². The van der Waals surface area contributed by atoms with Crippen LogP contribution < -0.4 is 0 Å². The van der Waals surface area contributed by atoms with E-state index in [-0.39, 0.29) is 5.54 Å². The third-order valence-corrected chi connectivity index (χ3v) is 6.76. The Morgan fingerprint density at radius 3 is 2.65 bits per heavy atom. The summed E-state index contributed by atoms with van der Waals surface area (Å²) in [7, 11) is 0. The van der Waals surface area contributed by atoms with Gasteiger partial charge in [-0.25, -0.2) is 0 Å². The molecule has 2 aliphatic heterocycles. The van der Waals surface area contributed by atoms with Crippen LogP contribution in [-0.4, -0.2) is 22.6 Å². The van der Waals surface area contributed by atoms with E-state index >= 15 is 0 Å². The van der Waals surface area contributed by atoms with Crippen molar-refractivity contribution < 1.29 is 0 Å². The molecule has 0 spiro atoms. The number of para-hydroxylation sites is 1. The summed E-state index contributed by atoms with van der Waals surface area (Å²) in [4.78, 5) is 2.77. The molecule has 0 amide bonds. The molecule has 2 aromatic carbocycles. The standard InChI is InChI=1S/C24H28N2/c1-18-12-14-24(2)23-21(13-15-25(24)16-18)20-10-6-7-11-22(20)26(23)17-19-8-4-3-5-9-19/h3-11,18H,12-17H2,1-2H3/t18?,24-/m1/s1. The molecule has 1 fully saturated rings. The summed E-state index contributed by atoms with van der Waals surface area (Å²) in [6.45, 7) is 8.32. The van der Waals surface area contributed by atoms with Crippen molar-refractivity contribution in [2.45, 2.75) is 45.2 Å². The number of hydrogen-bond donors (Lipinski definition) is 0. The lowest BCUT2D eigenvalue weighted by Gasteiger charge is -2.50. The maximum atomic E-state index is 2.77. The van der Waals surface area contributed by atoms with Crippen molar-refractivity contribution in [3.63, 3.8) is 0 Å². The smallest absolute Gasteiger partial charge is 0.0588 e. The molecule has 5 rings (SSSR count). The lowest BCUT2D eigenvalue weighted by atomic mass is 9.77. The van der Waals surface area contributed by atoms with Crippen LogP contribution >= 0.6 is 0 Å². The average molecular weight is 345 g/mol. The summed E-state index contributed by atoms with van der Waals surface area (Å²) in [5.41, 5.74) is 6.16. The van der Waals surface area contributed by atoms with Crippen LogP contribution in [0.25, 0.3) is 10.9 Å². The minimum atomic E-state index is 0.174. The zero-order valence-corrected chi connectivity index (χ0v) is 15.9. The molecule has 0 bridgehead atoms. The third kappa shape index (κ3) is 2.35. The Balaban J connectivity index is 1.72. The first-order valence-corrected chi connectivity index (χ1v) is 10.1. The van der Waals surface area contributed by atoms with Crippen molar-refractivity contribution >= 4 is 10.9 Å². The SMILES string of the molecule is CC1CC[C@]2(C)c3c(c4ccccc4n3Cc3ccccc3)CCN2C1. The lowest BCUT2D eigenvalue weighted by Crippen LogP contribution is -2.54. The number of nitrogens with zero attached hydrogens (tertiary/aromatic N) is 2. The van der Waals surface area contributed by atoms with Crippen molar-refractivity contribution in [3.8, 4) is 0 Å². The predicted octanol–water partition coefficient (Wildman–Crippen LogP) is 5.19. The van der Waals surface area contributed by atoms with Gasteiger partial charge < -0.3 is 4.57 Å². The molecule has 0 saturated carbocycles. The first-order chi connectivity index (χ1) is 12.7. The highest BCUT2D eigenvalue weighted by atomic mass is 15.2. The van der Waals surface area contributed by atoms with Gasteiger partial charge in [-0.05, 0) is 49.3 Å². The Bertz CT molecular complexity index is 940. The number of piperidine rings is 1. The van der Waals surface area contributed by atoms with E-state index in [2.05, 4.69) is 77.9 Å². The summed E-state index contributed by atoms with van der Waals surface area (Å²) in [5.74, 6) is 0.816. The van der Waals surface area contributed by atoms with Gasteiger partial charge in [0.25, 0.3) is 0 Å². The maximum Gasteiger partial charge on any atom is 0.0588 e. The van der Waals surface area contributed by atoms with Gasteiger partial charge in [-0.1, -0.05) is 55.5 Å². The first kappa shape index (κ1) is 16.1. The second-order valence-corrected chi connectivity index (χ2v) is 8.53. The molecule has 0 radical (unpaired) electrons. The zero-order valence-electron chi connectivity index (χ0n) is 15.9. The Morgan fingerprint density at radius 1 is 1.04 bits per heavy atom. The quantitative estimate of drug-likeness (QED) is 0.621. The summed E-state index contributed by atoms with van der Waals surface area (Å²) in [6, 6.07) is 20.0. The van der Waals surface area contributed by atoms with Crippen LogP contribution in [0.3, 0.4) is 0 Å². The molecule has 0 N–H and O–H groups in total. The lowest BCUT2D eigenvalue weighted by molar-refractivity contribution is 0.0195. The van der Waals surface area contributed by atoms with Gasteiger partial charge in [0.1, 0.15) is 0 Å². The molecule has 0 aliphatic carbocycles. The number of benzene rings is 2. The van der Waals surface area contributed by atoms with Gasteiger partial charge in [0.15, 0.2) is 0 Å². The van der Waals surface area contributed by atoms with Crippen LogP contribution in [0.5, 0.6) is 0 Å². The van der Waals surface area contributed by atoms with Crippen molar-refractivity contribution in [2.75, 3.05) is 13.1 Å². The van der Waals surface area contributed by atoms with Crippen LogP contribution in [0.1, 0.15) is 43.5 Å². The highest BCUT2D eigenvalue weighted by molar-refractivity contribution is 5.86. The van der Waals surface area contributed by atoms with E-state index in [0.29, 0.717) is 0 Å². The topological polar surface area (TPSA) is 8.17 Å². The van der Waals surface area contributed by atoms with Gasteiger partial charge in [0.2, 0.25) is 0 Å². The molecule has 2 atom stereocenters. The van der Waals surface area contributed by atoms with E-state index in [9.17, 15) is 0 Å². The molecule has 1 unspecified atom stereocenters. The van der Waals surface area contributed by atoms with Gasteiger partial charge in [-0.15, -0.1) is 0 Å². The highest BCUT2D eigenvalue weighted by Gasteiger charge is 2.44. The molecule has 26 heavy (non-hydrogen) atoms. The molecular weight excluding hydrogens is 316 g/mol. The minimum absolute atomic E-state index is 0.174. The average Bonchev–Trinajstić information content (AvgIpc) is 2.98. The monoisotopic (exact) mass is 344 g/mol. The number of hydrogen-bond acceptors (Lipinski definition) is 1. The molecule has 2 heteroatoms. The summed E-state index contributed by atoms with van der Waals surface area (Å²) in [6.07, 6.45) is 3.78. The predicted molar refractivity (Wildman–Crippen MR) is 109 cm³/mol. The molecule has 3 aromatic rings. The molecule has 134 valence electrons. The second kappa shape index (κ2) is 5.99. The second-order valence-electron chi connectivity index (χ2n) is 8.53. The van der Waals surface area contributed by atoms with E-state index in [1.54, 1.807) is 11.3 Å². The fraction of sp³-hybridized carbons (Fsp3) is 0.417. The molecular formula is C24H28N2. The van der Waals surface area contributed by atoms with Crippen molar-refractivity contribution in [1.82, 2.24) is 9.47 Å². The van der Waals surface area contributed by atoms with Crippen LogP contribution in [0, 0.1) is 5.92 Å². The largest absolute Gasteiger partial charge is 0.338 e. The molecule has 3 heterocycles. The van der Waals surface area contributed by atoms with Crippen molar-refractivity contribution in [3.05, 3.63) is 71.4 Å². The van der Waals surface area contributed by atoms with E-state index in [1.807, 2.05) is 0 Å². The van der Waals surface area contributed by atoms with Crippen molar-refractivity contribution in [2.24, 2.45) is 5.92 Å². The number of fused-ring (bicyclic) bond motifs is 5. The van der Waals surface area contributed by atoms with Crippen LogP contribution in [0.15, 0.2) is 54.6 Å². The fourth-order valence-electron chi connectivity index (χ4n) is 5.38. The third-order valence-electron chi connectivity index (χ3n) is 6.76. The van der Waals surface area contributed by atoms with E-state index in [4.69, 9.17) is 0 Å². The fourth-order valence-corrected chi connectivity index (χ4v) is 5.38. The highest BCUT2D eigenvalue weighted by Crippen LogP contribution is 2.46. The Labute approximate surface area is 156 Å². The zero-order chi connectivity index (χ0) is 17.7. The first-order valence-electron chi connectivity index (χ1n) is 10.1. The van der Waals surface area contributed by atoms with Crippen LogP contribution in [-0.2, 0) is 18.5 Å². The molecule has 2 nitrogen and oxygen atoms in total. The van der Waals surface area contributed by atoms with Crippen LogP contribution in [0.4, 0.5) is 0 Å². The molecule has 2 aliphatic rings. The Kier molecular flexibility index (Phi) is 3.72. The maximum absolute atomic E-state index is 2.77. The van der Waals surface area contributed by atoms with Crippen molar-refractivity contribution in [1.29, 1.82) is 0 Å². The minimum Gasteiger partial charge on any atom is -0.338 e. The molecule has 1 saturated heterocycles. The van der Waals surface area contributed by atoms with Crippen LogP contribution in [0.2, 0.25) is 0 Å². The summed E-state index contributed by atoms with van der Waals surface area (Å²) in [5, 5.41) is 1.47. The van der Waals surface area contributed by atoms with Gasteiger partial charge in [0.05, 0.1) is 5.54 Å². The number of rotatable bonds is 2. The normalized spacial score (nSPS) is 25.8. The summed E-state index contributed by atoms with van der Waals surface area (Å²) >= 11 is 0. The van der Waals surface area contributed by atoms with E-state index in [1.165, 1.54) is 48.8 Å². The summed E-state index contributed by atoms with van der Waals surface area (Å²) < 4.78 is 2.63. The van der Waals surface area contributed by atoms with Gasteiger partial charge in [-0.2, -0.15) is 0 Å². The van der Waals surface area contributed by atoms with Gasteiger partial charge in [-0.3, -0.25) is 4.90 Å². The van der Waals surface area contributed by atoms with E-state index in [0.717, 1.165) is 12.5 Å². The Hall–Kier alpha value is -2.06. The van der Waals surface area contributed by atoms with E-state index < -0.39 is 0 Å².